The van der Waals surface area contributed by atoms with E-state index in [4.69, 9.17) is 0 Å². The van der Waals surface area contributed by atoms with Crippen molar-refractivity contribution in [2.45, 2.75) is 4.90 Å². The summed E-state index contributed by atoms with van der Waals surface area (Å²) in [4.78, 5) is 23.0. The molecule has 0 aliphatic carbocycles. The summed E-state index contributed by atoms with van der Waals surface area (Å²) in [6.45, 7) is -0.243. The van der Waals surface area contributed by atoms with Crippen molar-refractivity contribution in [1.29, 1.82) is 0 Å². The molecule has 7 nitrogen and oxygen atoms in total. The zero-order valence-electron chi connectivity index (χ0n) is 13.2. The van der Waals surface area contributed by atoms with Gasteiger partial charge >= 0.3 is 5.97 Å². The number of carbonyl (C=O) groups excluding carboxylic acids is 2. The lowest BCUT2D eigenvalue weighted by molar-refractivity contribution is -0.139. The van der Waals surface area contributed by atoms with Crippen LogP contribution in [0.5, 0.6) is 0 Å². The number of hydrogen-bond donors (Lipinski definition) is 2. The third-order valence-corrected chi connectivity index (χ3v) is 5.07. The van der Waals surface area contributed by atoms with Gasteiger partial charge in [-0.05, 0) is 48.5 Å². The van der Waals surface area contributed by atoms with Crippen molar-refractivity contribution >= 4 is 43.5 Å². The maximum Gasteiger partial charge on any atom is 0.325 e. The minimum atomic E-state index is -3.72. The minimum Gasteiger partial charge on any atom is -0.468 e. The second-order valence-corrected chi connectivity index (χ2v) is 7.49. The van der Waals surface area contributed by atoms with Gasteiger partial charge in [0.1, 0.15) is 6.54 Å². The molecule has 2 N–H and O–H groups in total. The largest absolute Gasteiger partial charge is 0.468 e. The van der Waals surface area contributed by atoms with Gasteiger partial charge in [-0.15, -0.1) is 0 Å². The van der Waals surface area contributed by atoms with Gasteiger partial charge in [-0.1, -0.05) is 15.9 Å². The van der Waals surface area contributed by atoms with Crippen LogP contribution < -0.4 is 10.0 Å². The molecule has 2 aromatic rings. The van der Waals surface area contributed by atoms with E-state index in [1.807, 2.05) is 0 Å². The molecule has 0 aliphatic rings. The number of nitrogens with one attached hydrogen (secondary N) is 2. The van der Waals surface area contributed by atoms with E-state index in [1.165, 1.54) is 43.5 Å². The van der Waals surface area contributed by atoms with Gasteiger partial charge < -0.3 is 10.1 Å². The summed E-state index contributed by atoms with van der Waals surface area (Å²) in [6, 6.07) is 12.0. The highest BCUT2D eigenvalue weighted by molar-refractivity contribution is 9.10. The normalized spacial score (nSPS) is 10.8. The third-order valence-electron chi connectivity index (χ3n) is 3.14. The van der Waals surface area contributed by atoms with Gasteiger partial charge in [0.05, 0.1) is 12.0 Å². The first-order valence-electron chi connectivity index (χ1n) is 7.05. The summed E-state index contributed by atoms with van der Waals surface area (Å²) in [5.41, 5.74) is 0.600. The third kappa shape index (κ3) is 5.30. The average Bonchev–Trinajstić information content (AvgIpc) is 2.60. The number of anilines is 1. The Morgan fingerprint density at radius 1 is 1.04 bits per heavy atom. The van der Waals surface area contributed by atoms with Crippen molar-refractivity contribution in [2.75, 3.05) is 18.4 Å². The highest BCUT2D eigenvalue weighted by Gasteiger charge is 2.14. The first kappa shape index (κ1) is 18.9. The molecule has 2 rings (SSSR count). The fraction of sp³-hybridized carbons (Fsp3) is 0.125. The van der Waals surface area contributed by atoms with Gasteiger partial charge in [0.2, 0.25) is 0 Å². The summed E-state index contributed by atoms with van der Waals surface area (Å²) in [7, 11) is -2.50. The molecule has 0 spiro atoms. The molecule has 0 bridgehead atoms. The Kier molecular flexibility index (Phi) is 6.16. The van der Waals surface area contributed by atoms with Crippen LogP contribution in [0.4, 0.5) is 5.69 Å². The maximum absolute atomic E-state index is 12.3. The fourth-order valence-electron chi connectivity index (χ4n) is 1.84. The maximum atomic E-state index is 12.3. The van der Waals surface area contributed by atoms with E-state index in [2.05, 4.69) is 30.7 Å². The molecule has 0 fully saturated rings. The molecule has 0 heterocycles. The highest BCUT2D eigenvalue weighted by atomic mass is 79.9. The SMILES string of the molecule is COC(=O)CNC(=O)c1ccc(NS(=O)(=O)c2ccc(Br)cc2)cc1. The van der Waals surface area contributed by atoms with E-state index >= 15 is 0 Å². The van der Waals surface area contributed by atoms with Crippen LogP contribution in [0, 0.1) is 0 Å². The van der Waals surface area contributed by atoms with E-state index in [0.29, 0.717) is 5.69 Å². The zero-order chi connectivity index (χ0) is 18.4. The summed E-state index contributed by atoms with van der Waals surface area (Å²) in [6.07, 6.45) is 0. The Labute approximate surface area is 153 Å². The Bertz CT molecular complexity index is 864. The summed E-state index contributed by atoms with van der Waals surface area (Å²) in [5, 5.41) is 2.39. The molecule has 2 aromatic carbocycles. The van der Waals surface area contributed by atoms with Crippen molar-refractivity contribution in [1.82, 2.24) is 5.32 Å². The van der Waals surface area contributed by atoms with E-state index in [-0.39, 0.29) is 17.0 Å². The van der Waals surface area contributed by atoms with Crippen molar-refractivity contribution in [3.05, 3.63) is 58.6 Å². The lowest BCUT2D eigenvalue weighted by atomic mass is 10.2. The first-order chi connectivity index (χ1) is 11.8. The lowest BCUT2D eigenvalue weighted by Gasteiger charge is -2.09. The van der Waals surface area contributed by atoms with Crippen LogP contribution >= 0.6 is 15.9 Å². The highest BCUT2D eigenvalue weighted by Crippen LogP contribution is 2.19. The summed E-state index contributed by atoms with van der Waals surface area (Å²) < 4.78 is 32.2. The number of ether oxygens (including phenoxy) is 1. The van der Waals surface area contributed by atoms with Gasteiger partial charge in [-0.3, -0.25) is 14.3 Å². The van der Waals surface area contributed by atoms with E-state index in [1.54, 1.807) is 12.1 Å². The van der Waals surface area contributed by atoms with Crippen LogP contribution in [-0.2, 0) is 19.6 Å². The molecule has 0 atom stereocenters. The van der Waals surface area contributed by atoms with Crippen LogP contribution in [0.25, 0.3) is 0 Å². The molecule has 0 saturated carbocycles. The van der Waals surface area contributed by atoms with Crippen molar-refractivity contribution in [3.63, 3.8) is 0 Å². The quantitative estimate of drug-likeness (QED) is 0.688. The molecule has 0 aromatic heterocycles. The number of benzene rings is 2. The Morgan fingerprint density at radius 2 is 1.64 bits per heavy atom. The van der Waals surface area contributed by atoms with Gasteiger partial charge in [-0.2, -0.15) is 0 Å². The molecule has 0 radical (unpaired) electrons. The van der Waals surface area contributed by atoms with Gasteiger partial charge in [0, 0.05) is 15.7 Å². The summed E-state index contributed by atoms with van der Waals surface area (Å²) in [5.74, 6) is -1.03. The van der Waals surface area contributed by atoms with Gasteiger partial charge in [0.25, 0.3) is 15.9 Å². The molecule has 0 unspecified atom stereocenters. The molecular weight excluding hydrogens is 412 g/mol. The topological polar surface area (TPSA) is 102 Å². The average molecular weight is 427 g/mol. The second kappa shape index (κ2) is 8.13. The van der Waals surface area contributed by atoms with Crippen LogP contribution in [0.1, 0.15) is 10.4 Å². The molecular formula is C16H15BrN2O5S. The predicted molar refractivity (Wildman–Crippen MR) is 95.7 cm³/mol. The minimum absolute atomic E-state index is 0.121. The first-order valence-corrected chi connectivity index (χ1v) is 9.33. The number of rotatable bonds is 6. The Morgan fingerprint density at radius 3 is 2.20 bits per heavy atom. The van der Waals surface area contributed by atoms with Gasteiger partial charge in [-0.25, -0.2) is 8.42 Å². The van der Waals surface area contributed by atoms with E-state index in [0.717, 1.165) is 4.47 Å². The number of carbonyl (C=O) groups is 2. The molecule has 9 heteroatoms. The molecule has 0 aliphatic heterocycles. The second-order valence-electron chi connectivity index (χ2n) is 4.90. The van der Waals surface area contributed by atoms with Crippen molar-refractivity contribution in [2.24, 2.45) is 0 Å². The zero-order valence-corrected chi connectivity index (χ0v) is 15.6. The standard InChI is InChI=1S/C16H15BrN2O5S/c1-24-15(20)10-18-16(21)11-2-6-13(7-3-11)19-25(22,23)14-8-4-12(17)5-9-14/h2-9,19H,10H2,1H3,(H,18,21). The van der Waals surface area contributed by atoms with E-state index < -0.39 is 21.9 Å². The van der Waals surface area contributed by atoms with Crippen molar-refractivity contribution < 1.29 is 22.7 Å². The lowest BCUT2D eigenvalue weighted by Crippen LogP contribution is -2.30. The molecule has 132 valence electrons. The summed E-state index contributed by atoms with van der Waals surface area (Å²) >= 11 is 3.24. The van der Waals surface area contributed by atoms with Crippen LogP contribution in [0.3, 0.4) is 0 Å². The van der Waals surface area contributed by atoms with E-state index in [9.17, 15) is 18.0 Å². The molecule has 1 amide bonds. The monoisotopic (exact) mass is 426 g/mol. The fourth-order valence-corrected chi connectivity index (χ4v) is 3.17. The molecule has 0 saturated heterocycles. The van der Waals surface area contributed by atoms with Crippen LogP contribution in [0.15, 0.2) is 57.9 Å². The van der Waals surface area contributed by atoms with Gasteiger partial charge in [0.15, 0.2) is 0 Å². The number of esters is 1. The predicted octanol–water partition coefficient (Wildman–Crippen LogP) is 2.15. The number of methoxy groups -OCH3 is 1. The Hall–Kier alpha value is -2.39. The van der Waals surface area contributed by atoms with Crippen LogP contribution in [0.2, 0.25) is 0 Å². The molecule has 25 heavy (non-hydrogen) atoms. The number of hydrogen-bond acceptors (Lipinski definition) is 5. The van der Waals surface area contributed by atoms with Crippen LogP contribution in [-0.4, -0.2) is 33.9 Å². The number of sulfonamides is 1. The van der Waals surface area contributed by atoms with Crippen molar-refractivity contribution in [3.8, 4) is 0 Å². The smallest absolute Gasteiger partial charge is 0.325 e. The number of halogens is 1. The number of amides is 1. The Balaban J connectivity index is 2.05.